The minimum atomic E-state index is -2.85. The zero-order valence-electron chi connectivity index (χ0n) is 10.1. The summed E-state index contributed by atoms with van der Waals surface area (Å²) in [6.07, 6.45) is 4.92. The standard InChI is InChI=1S/C11H23NO3S/c1-15-8-4-10-16(13,14)9-3-2-7-12-11-5-6-11/h11-12H,2-10H2,1H3. The first-order chi connectivity index (χ1) is 7.64. The van der Waals surface area contributed by atoms with Crippen LogP contribution in [0, 0.1) is 0 Å². The van der Waals surface area contributed by atoms with Crippen LogP contribution in [0.15, 0.2) is 0 Å². The van der Waals surface area contributed by atoms with Gasteiger partial charge in [0.1, 0.15) is 9.84 Å². The molecule has 0 saturated heterocycles. The highest BCUT2D eigenvalue weighted by Gasteiger charge is 2.19. The minimum Gasteiger partial charge on any atom is -0.385 e. The van der Waals surface area contributed by atoms with E-state index in [1.165, 1.54) is 12.8 Å². The van der Waals surface area contributed by atoms with Gasteiger partial charge in [-0.05, 0) is 38.6 Å². The third-order valence-corrected chi connectivity index (χ3v) is 4.52. The number of unbranched alkanes of at least 4 members (excludes halogenated alkanes) is 1. The maximum atomic E-state index is 11.5. The quantitative estimate of drug-likeness (QED) is 0.586. The highest BCUT2D eigenvalue weighted by molar-refractivity contribution is 7.91. The van der Waals surface area contributed by atoms with E-state index in [4.69, 9.17) is 4.74 Å². The molecule has 1 fully saturated rings. The van der Waals surface area contributed by atoms with Crippen molar-refractivity contribution >= 4 is 9.84 Å². The molecule has 16 heavy (non-hydrogen) atoms. The molecule has 0 aromatic heterocycles. The summed E-state index contributed by atoms with van der Waals surface area (Å²) in [6.45, 7) is 1.49. The first kappa shape index (κ1) is 13.9. The van der Waals surface area contributed by atoms with Crippen LogP contribution in [0.5, 0.6) is 0 Å². The largest absolute Gasteiger partial charge is 0.385 e. The summed E-state index contributed by atoms with van der Waals surface area (Å²) >= 11 is 0. The Balaban J connectivity index is 1.96. The molecule has 0 aromatic carbocycles. The Morgan fingerprint density at radius 1 is 1.19 bits per heavy atom. The first-order valence-corrected chi connectivity index (χ1v) is 7.89. The van der Waals surface area contributed by atoms with E-state index in [0.717, 1.165) is 25.4 Å². The molecular weight excluding hydrogens is 226 g/mol. The number of ether oxygens (including phenoxy) is 1. The van der Waals surface area contributed by atoms with Gasteiger partial charge in [0.05, 0.1) is 11.5 Å². The summed E-state index contributed by atoms with van der Waals surface area (Å²) in [5.41, 5.74) is 0. The Kier molecular flexibility index (Phi) is 6.31. The molecule has 96 valence electrons. The van der Waals surface area contributed by atoms with E-state index in [1.807, 2.05) is 0 Å². The molecule has 1 rings (SSSR count). The number of hydrogen-bond acceptors (Lipinski definition) is 4. The SMILES string of the molecule is COCCCS(=O)(=O)CCCCNC1CC1. The monoisotopic (exact) mass is 249 g/mol. The van der Waals surface area contributed by atoms with Gasteiger partial charge in [0.2, 0.25) is 0 Å². The highest BCUT2D eigenvalue weighted by atomic mass is 32.2. The predicted molar refractivity (Wildman–Crippen MR) is 65.4 cm³/mol. The molecule has 5 heteroatoms. The van der Waals surface area contributed by atoms with Gasteiger partial charge in [-0.3, -0.25) is 0 Å². The fraction of sp³-hybridized carbons (Fsp3) is 1.00. The van der Waals surface area contributed by atoms with Crippen molar-refractivity contribution in [3.05, 3.63) is 0 Å². The Morgan fingerprint density at radius 3 is 2.50 bits per heavy atom. The smallest absolute Gasteiger partial charge is 0.150 e. The Labute approximate surface area is 98.7 Å². The molecule has 0 unspecified atom stereocenters. The second-order valence-corrected chi connectivity index (χ2v) is 6.74. The van der Waals surface area contributed by atoms with Gasteiger partial charge in [-0.2, -0.15) is 0 Å². The first-order valence-electron chi connectivity index (χ1n) is 6.07. The second-order valence-electron chi connectivity index (χ2n) is 4.43. The summed E-state index contributed by atoms with van der Waals surface area (Å²) in [7, 11) is -1.25. The summed E-state index contributed by atoms with van der Waals surface area (Å²) in [5.74, 6) is 0.583. The Bertz CT molecular complexity index is 273. The molecule has 4 nitrogen and oxygen atoms in total. The van der Waals surface area contributed by atoms with Crippen LogP contribution < -0.4 is 5.32 Å². The lowest BCUT2D eigenvalue weighted by Crippen LogP contribution is -2.19. The van der Waals surface area contributed by atoms with Crippen LogP contribution in [0.3, 0.4) is 0 Å². The number of sulfone groups is 1. The lowest BCUT2D eigenvalue weighted by molar-refractivity contribution is 0.199. The predicted octanol–water partition coefficient (Wildman–Crippen LogP) is 0.970. The molecule has 0 spiro atoms. The van der Waals surface area contributed by atoms with Crippen LogP contribution in [-0.4, -0.2) is 46.2 Å². The van der Waals surface area contributed by atoms with Crippen LogP contribution in [0.4, 0.5) is 0 Å². The maximum absolute atomic E-state index is 11.5. The van der Waals surface area contributed by atoms with Crippen LogP contribution in [0.2, 0.25) is 0 Å². The molecule has 0 radical (unpaired) electrons. The second kappa shape index (κ2) is 7.25. The highest BCUT2D eigenvalue weighted by Crippen LogP contribution is 2.18. The molecule has 0 amide bonds. The topological polar surface area (TPSA) is 55.4 Å². The lowest BCUT2D eigenvalue weighted by atomic mass is 10.3. The molecule has 0 heterocycles. The van der Waals surface area contributed by atoms with Crippen molar-refractivity contribution in [1.29, 1.82) is 0 Å². The average molecular weight is 249 g/mol. The average Bonchev–Trinajstić information content (AvgIpc) is 3.01. The number of methoxy groups -OCH3 is 1. The van der Waals surface area contributed by atoms with Crippen molar-refractivity contribution in [1.82, 2.24) is 5.32 Å². The van der Waals surface area contributed by atoms with Crippen LogP contribution >= 0.6 is 0 Å². The van der Waals surface area contributed by atoms with Crippen LogP contribution in [0.25, 0.3) is 0 Å². The van der Waals surface area contributed by atoms with Gasteiger partial charge in [0, 0.05) is 19.8 Å². The summed E-state index contributed by atoms with van der Waals surface area (Å²) < 4.78 is 27.9. The van der Waals surface area contributed by atoms with E-state index in [9.17, 15) is 8.42 Å². The fourth-order valence-corrected chi connectivity index (χ4v) is 2.97. The van der Waals surface area contributed by atoms with Gasteiger partial charge in [0.25, 0.3) is 0 Å². The molecular formula is C11H23NO3S. The van der Waals surface area contributed by atoms with Gasteiger partial charge in [-0.25, -0.2) is 8.42 Å². The lowest BCUT2D eigenvalue weighted by Gasteiger charge is -2.04. The Morgan fingerprint density at radius 2 is 1.88 bits per heavy atom. The molecule has 0 atom stereocenters. The van der Waals surface area contributed by atoms with E-state index >= 15 is 0 Å². The fourth-order valence-electron chi connectivity index (χ4n) is 1.57. The van der Waals surface area contributed by atoms with Crippen LogP contribution in [-0.2, 0) is 14.6 Å². The summed E-state index contributed by atoms with van der Waals surface area (Å²) in [5, 5.41) is 3.38. The molecule has 1 saturated carbocycles. The molecule has 0 bridgehead atoms. The number of hydrogen-bond donors (Lipinski definition) is 1. The molecule has 0 aromatic rings. The maximum Gasteiger partial charge on any atom is 0.150 e. The summed E-state index contributed by atoms with van der Waals surface area (Å²) in [4.78, 5) is 0. The van der Waals surface area contributed by atoms with Crippen molar-refractivity contribution in [2.75, 3.05) is 31.8 Å². The Hall–Kier alpha value is -0.130. The van der Waals surface area contributed by atoms with Gasteiger partial charge >= 0.3 is 0 Å². The van der Waals surface area contributed by atoms with Crippen molar-refractivity contribution in [2.45, 2.75) is 38.1 Å². The van der Waals surface area contributed by atoms with Crippen molar-refractivity contribution < 1.29 is 13.2 Å². The van der Waals surface area contributed by atoms with E-state index in [2.05, 4.69) is 5.32 Å². The van der Waals surface area contributed by atoms with E-state index in [0.29, 0.717) is 18.8 Å². The molecule has 1 aliphatic rings. The van der Waals surface area contributed by atoms with Gasteiger partial charge < -0.3 is 10.1 Å². The van der Waals surface area contributed by atoms with Gasteiger partial charge in [-0.15, -0.1) is 0 Å². The molecule has 1 aliphatic carbocycles. The summed E-state index contributed by atoms with van der Waals surface area (Å²) in [6, 6.07) is 0.721. The third kappa shape index (κ3) is 7.19. The van der Waals surface area contributed by atoms with Gasteiger partial charge in [-0.1, -0.05) is 0 Å². The van der Waals surface area contributed by atoms with Crippen molar-refractivity contribution in [2.24, 2.45) is 0 Å². The van der Waals surface area contributed by atoms with Crippen LogP contribution in [0.1, 0.15) is 32.1 Å². The van der Waals surface area contributed by atoms with Gasteiger partial charge in [0.15, 0.2) is 0 Å². The molecule has 0 aliphatic heterocycles. The normalized spacial score (nSPS) is 16.6. The number of rotatable bonds is 10. The minimum absolute atomic E-state index is 0.261. The number of nitrogens with one attached hydrogen (secondary N) is 1. The third-order valence-electron chi connectivity index (χ3n) is 2.70. The zero-order chi connectivity index (χ0) is 11.9. The van der Waals surface area contributed by atoms with E-state index in [1.54, 1.807) is 7.11 Å². The van der Waals surface area contributed by atoms with E-state index in [-0.39, 0.29) is 5.75 Å². The van der Waals surface area contributed by atoms with E-state index < -0.39 is 9.84 Å². The van der Waals surface area contributed by atoms with Crippen molar-refractivity contribution in [3.63, 3.8) is 0 Å². The van der Waals surface area contributed by atoms with Crippen molar-refractivity contribution in [3.8, 4) is 0 Å². The molecule has 1 N–H and O–H groups in total. The zero-order valence-corrected chi connectivity index (χ0v) is 10.9.